The van der Waals surface area contributed by atoms with E-state index in [2.05, 4.69) is 57.3 Å². The zero-order valence-corrected chi connectivity index (χ0v) is 15.0. The van der Waals surface area contributed by atoms with Crippen LogP contribution >= 0.6 is 0 Å². The predicted octanol–water partition coefficient (Wildman–Crippen LogP) is 2.55. The normalized spacial score (nSPS) is 20.8. The summed E-state index contributed by atoms with van der Waals surface area (Å²) in [4.78, 5) is 14.7. The van der Waals surface area contributed by atoms with Crippen molar-refractivity contribution in [2.24, 2.45) is 0 Å². The van der Waals surface area contributed by atoms with Crippen molar-refractivity contribution in [1.82, 2.24) is 20.0 Å². The van der Waals surface area contributed by atoms with E-state index in [0.29, 0.717) is 12.6 Å². The Morgan fingerprint density at radius 2 is 2.08 bits per heavy atom. The van der Waals surface area contributed by atoms with Gasteiger partial charge in [-0.1, -0.05) is 24.3 Å². The molecule has 0 bridgehead atoms. The van der Waals surface area contributed by atoms with Gasteiger partial charge in [0.05, 0.1) is 24.3 Å². The minimum absolute atomic E-state index is 0.133. The summed E-state index contributed by atoms with van der Waals surface area (Å²) >= 11 is 0. The zero-order valence-electron chi connectivity index (χ0n) is 15.0. The van der Waals surface area contributed by atoms with E-state index < -0.39 is 0 Å². The average Bonchev–Trinajstić information content (AvgIpc) is 2.89. The number of fused-ring (bicyclic) bond motifs is 1. The van der Waals surface area contributed by atoms with Gasteiger partial charge in [-0.2, -0.15) is 5.10 Å². The number of rotatable bonds is 4. The summed E-state index contributed by atoms with van der Waals surface area (Å²) in [5, 5.41) is 7.80. The van der Waals surface area contributed by atoms with Gasteiger partial charge in [-0.15, -0.1) is 0 Å². The van der Waals surface area contributed by atoms with Crippen molar-refractivity contribution in [2.45, 2.75) is 45.2 Å². The lowest BCUT2D eigenvalue weighted by atomic mass is 9.88. The fraction of sp³-hybridized carbons (Fsp3) is 0.500. The van der Waals surface area contributed by atoms with Crippen molar-refractivity contribution in [3.8, 4) is 0 Å². The maximum atomic E-state index is 12.5. The molecule has 1 aliphatic heterocycles. The molecule has 1 aromatic heterocycles. The van der Waals surface area contributed by atoms with Gasteiger partial charge in [0.1, 0.15) is 0 Å². The molecule has 25 heavy (non-hydrogen) atoms. The van der Waals surface area contributed by atoms with E-state index in [9.17, 15) is 4.79 Å². The summed E-state index contributed by atoms with van der Waals surface area (Å²) in [6.07, 6.45) is 3.31. The third kappa shape index (κ3) is 3.33. The van der Waals surface area contributed by atoms with Crippen LogP contribution in [0.15, 0.2) is 30.3 Å². The number of nitrogens with one attached hydrogen (secondary N) is 1. The molecule has 2 aliphatic rings. The highest BCUT2D eigenvalue weighted by Gasteiger charge is 2.31. The highest BCUT2D eigenvalue weighted by atomic mass is 16.2. The summed E-state index contributed by atoms with van der Waals surface area (Å²) in [7, 11) is 0. The molecular formula is C20H26N4O. The first-order valence-electron chi connectivity index (χ1n) is 9.22. The topological polar surface area (TPSA) is 50.2 Å². The predicted molar refractivity (Wildman–Crippen MR) is 97.4 cm³/mol. The first-order chi connectivity index (χ1) is 12.1. The second-order valence-corrected chi connectivity index (χ2v) is 7.43. The minimum atomic E-state index is 0.133. The summed E-state index contributed by atoms with van der Waals surface area (Å²) < 4.78 is 2.10. The largest absolute Gasteiger partial charge is 0.348 e. The van der Waals surface area contributed by atoms with Gasteiger partial charge in [-0.05, 0) is 50.3 Å². The highest BCUT2D eigenvalue weighted by molar-refractivity contribution is 5.78. The first-order valence-corrected chi connectivity index (χ1v) is 9.22. The molecule has 1 saturated heterocycles. The van der Waals surface area contributed by atoms with Crippen LogP contribution in [0.25, 0.3) is 0 Å². The van der Waals surface area contributed by atoms with Gasteiger partial charge in [0.15, 0.2) is 0 Å². The van der Waals surface area contributed by atoms with Gasteiger partial charge >= 0.3 is 0 Å². The number of benzene rings is 1. The molecule has 0 unspecified atom stereocenters. The number of aromatic nitrogens is 2. The molecule has 1 atom stereocenters. The zero-order chi connectivity index (χ0) is 17.4. The third-order valence-corrected chi connectivity index (χ3v) is 5.40. The van der Waals surface area contributed by atoms with E-state index in [1.54, 1.807) is 0 Å². The Balaban J connectivity index is 1.30. The molecule has 0 saturated carbocycles. The van der Waals surface area contributed by atoms with Gasteiger partial charge in [-0.25, -0.2) is 0 Å². The molecule has 1 amide bonds. The second-order valence-electron chi connectivity index (χ2n) is 7.43. The summed E-state index contributed by atoms with van der Waals surface area (Å²) in [6, 6.07) is 11.2. The van der Waals surface area contributed by atoms with Crippen LogP contribution in [0.5, 0.6) is 0 Å². The quantitative estimate of drug-likeness (QED) is 0.932. The number of likely N-dealkylation sites (tertiary alicyclic amines) is 1. The average molecular weight is 338 g/mol. The summed E-state index contributed by atoms with van der Waals surface area (Å²) in [5.41, 5.74) is 4.94. The van der Waals surface area contributed by atoms with Crippen LogP contribution < -0.4 is 5.32 Å². The van der Waals surface area contributed by atoms with Crippen molar-refractivity contribution in [2.75, 3.05) is 19.6 Å². The Hall–Kier alpha value is -2.14. The van der Waals surface area contributed by atoms with Gasteiger partial charge in [0.25, 0.3) is 0 Å². The van der Waals surface area contributed by atoms with Crippen LogP contribution in [-0.2, 0) is 11.2 Å². The molecule has 0 spiro atoms. The van der Waals surface area contributed by atoms with Gasteiger partial charge < -0.3 is 5.32 Å². The first kappa shape index (κ1) is 16.3. The maximum absolute atomic E-state index is 12.5. The molecule has 1 aromatic carbocycles. The van der Waals surface area contributed by atoms with Crippen molar-refractivity contribution in [1.29, 1.82) is 0 Å². The van der Waals surface area contributed by atoms with E-state index in [0.717, 1.165) is 38.0 Å². The van der Waals surface area contributed by atoms with Crippen molar-refractivity contribution < 1.29 is 4.79 Å². The number of amides is 1. The fourth-order valence-corrected chi connectivity index (χ4v) is 4.19. The Labute approximate surface area is 149 Å². The molecule has 4 rings (SSSR count). The molecule has 5 nitrogen and oxygen atoms in total. The van der Waals surface area contributed by atoms with E-state index >= 15 is 0 Å². The monoisotopic (exact) mass is 338 g/mol. The molecule has 0 radical (unpaired) electrons. The highest BCUT2D eigenvalue weighted by Crippen LogP contribution is 2.29. The summed E-state index contributed by atoms with van der Waals surface area (Å²) in [5.74, 6) is 0.133. The van der Waals surface area contributed by atoms with Crippen molar-refractivity contribution in [3.63, 3.8) is 0 Å². The molecule has 2 heterocycles. The number of hydrogen-bond acceptors (Lipinski definition) is 3. The molecule has 132 valence electrons. The molecular weight excluding hydrogens is 312 g/mol. The van der Waals surface area contributed by atoms with Crippen LogP contribution in [0.4, 0.5) is 0 Å². The van der Waals surface area contributed by atoms with Crippen LogP contribution in [0, 0.1) is 13.8 Å². The van der Waals surface area contributed by atoms with Crippen LogP contribution in [0.2, 0.25) is 0 Å². The lowest BCUT2D eigenvalue weighted by Gasteiger charge is -2.39. The number of aryl methyl sites for hydroxylation is 3. The van der Waals surface area contributed by atoms with Gasteiger partial charge in [0.2, 0.25) is 5.91 Å². The number of hydrogen-bond donors (Lipinski definition) is 1. The van der Waals surface area contributed by atoms with Crippen LogP contribution in [0.3, 0.4) is 0 Å². The fourth-order valence-electron chi connectivity index (χ4n) is 4.19. The molecule has 1 aliphatic carbocycles. The number of carbonyl (C=O) groups excluding carboxylic acids is 1. The SMILES string of the molecule is Cc1cc(C)n(C2CN(CC(=O)N[C@H]3CCCc4ccccc43)C2)n1. The van der Waals surface area contributed by atoms with E-state index in [1.807, 2.05) is 6.92 Å². The van der Waals surface area contributed by atoms with E-state index in [-0.39, 0.29) is 11.9 Å². The lowest BCUT2D eigenvalue weighted by molar-refractivity contribution is -0.124. The van der Waals surface area contributed by atoms with Gasteiger partial charge in [0, 0.05) is 18.8 Å². The van der Waals surface area contributed by atoms with Crippen LogP contribution in [0.1, 0.15) is 47.4 Å². The molecule has 2 aromatic rings. The molecule has 1 fully saturated rings. The lowest BCUT2D eigenvalue weighted by Crippen LogP contribution is -2.52. The van der Waals surface area contributed by atoms with Crippen molar-refractivity contribution >= 4 is 5.91 Å². The van der Waals surface area contributed by atoms with Crippen molar-refractivity contribution in [3.05, 3.63) is 52.8 Å². The maximum Gasteiger partial charge on any atom is 0.234 e. The van der Waals surface area contributed by atoms with E-state index in [4.69, 9.17) is 0 Å². The Bertz CT molecular complexity index is 776. The van der Waals surface area contributed by atoms with Gasteiger partial charge in [-0.3, -0.25) is 14.4 Å². The molecule has 1 N–H and O–H groups in total. The standard InChI is InChI=1S/C20H26N4O/c1-14-10-15(2)24(22-14)17-11-23(12-17)13-20(25)21-19-9-5-7-16-6-3-4-8-18(16)19/h3-4,6,8,10,17,19H,5,7,9,11-13H2,1-2H3,(H,21,25)/t19-/m0/s1. The summed E-state index contributed by atoms with van der Waals surface area (Å²) in [6.45, 7) is 6.40. The smallest absolute Gasteiger partial charge is 0.234 e. The third-order valence-electron chi connectivity index (χ3n) is 5.40. The Kier molecular flexibility index (Phi) is 4.34. The minimum Gasteiger partial charge on any atom is -0.348 e. The number of carbonyl (C=O) groups is 1. The van der Waals surface area contributed by atoms with E-state index in [1.165, 1.54) is 16.8 Å². The Morgan fingerprint density at radius 3 is 2.84 bits per heavy atom. The second kappa shape index (κ2) is 6.64. The molecule has 5 heteroatoms. The number of nitrogens with zero attached hydrogens (tertiary/aromatic N) is 3. The van der Waals surface area contributed by atoms with Crippen LogP contribution in [-0.4, -0.2) is 40.2 Å². The Morgan fingerprint density at radius 1 is 1.28 bits per heavy atom.